The van der Waals surface area contributed by atoms with E-state index in [1.54, 1.807) is 13.0 Å². The smallest absolute Gasteiger partial charge is 0.308 e. The molecule has 0 radical (unpaired) electrons. The van der Waals surface area contributed by atoms with Crippen molar-refractivity contribution in [2.45, 2.75) is 13.3 Å². The molecule has 1 aromatic carbocycles. The van der Waals surface area contributed by atoms with Crippen LogP contribution in [0.5, 0.6) is 0 Å². The van der Waals surface area contributed by atoms with Crippen LogP contribution in [0.25, 0.3) is 10.6 Å². The average Bonchev–Trinajstić information content (AvgIpc) is 2.63. The molecule has 0 amide bonds. The number of hydrogen-bond donors (Lipinski definition) is 1. The second kappa shape index (κ2) is 5.16. The van der Waals surface area contributed by atoms with Gasteiger partial charge in [-0.1, -0.05) is 15.9 Å². The number of hydrogen-bond acceptors (Lipinski definition) is 3. The summed E-state index contributed by atoms with van der Waals surface area (Å²) in [6, 6.07) is 4.34. The van der Waals surface area contributed by atoms with Gasteiger partial charge >= 0.3 is 5.97 Å². The lowest BCUT2D eigenvalue weighted by atomic mass is 10.2. The van der Waals surface area contributed by atoms with Gasteiger partial charge in [-0.15, -0.1) is 11.3 Å². The molecule has 1 aromatic heterocycles. The Labute approximate surface area is 115 Å². The normalized spacial score (nSPS) is 10.6. The maximum Gasteiger partial charge on any atom is 0.308 e. The number of carboxylic acids is 1. The van der Waals surface area contributed by atoms with E-state index in [0.29, 0.717) is 21.1 Å². The number of nitrogens with zero attached hydrogens (tertiary/aromatic N) is 1. The van der Waals surface area contributed by atoms with Gasteiger partial charge in [0.25, 0.3) is 0 Å². The lowest BCUT2D eigenvalue weighted by molar-refractivity contribution is -0.136. The molecule has 2 aromatic rings. The van der Waals surface area contributed by atoms with Crippen molar-refractivity contribution in [1.29, 1.82) is 0 Å². The lowest BCUT2D eigenvalue weighted by Crippen LogP contribution is -1.99. The highest BCUT2D eigenvalue weighted by Gasteiger charge is 2.14. The number of benzene rings is 1. The average molecular weight is 330 g/mol. The Kier molecular flexibility index (Phi) is 3.77. The van der Waals surface area contributed by atoms with Crippen LogP contribution in [-0.2, 0) is 11.2 Å². The molecule has 0 saturated carbocycles. The zero-order valence-electron chi connectivity index (χ0n) is 9.41. The standard InChI is InChI=1S/C12H9BrFNO2S/c1-6-10(5-11(16)17)18-12(15-6)8-4-7(14)2-3-9(8)13/h2-4H,5H2,1H3,(H,16,17). The van der Waals surface area contributed by atoms with Crippen molar-refractivity contribution < 1.29 is 14.3 Å². The summed E-state index contributed by atoms with van der Waals surface area (Å²) in [5.41, 5.74) is 1.31. The number of rotatable bonds is 3. The van der Waals surface area contributed by atoms with E-state index in [1.165, 1.54) is 23.5 Å². The van der Waals surface area contributed by atoms with E-state index < -0.39 is 5.97 Å². The first-order valence-electron chi connectivity index (χ1n) is 5.11. The zero-order valence-corrected chi connectivity index (χ0v) is 11.8. The number of thiazole rings is 1. The molecule has 0 bridgehead atoms. The highest BCUT2D eigenvalue weighted by atomic mass is 79.9. The van der Waals surface area contributed by atoms with Crippen molar-refractivity contribution >= 4 is 33.2 Å². The summed E-state index contributed by atoms with van der Waals surface area (Å²) in [4.78, 5) is 15.7. The number of aromatic nitrogens is 1. The maximum absolute atomic E-state index is 13.2. The highest BCUT2D eigenvalue weighted by Crippen LogP contribution is 2.33. The van der Waals surface area contributed by atoms with E-state index in [1.807, 2.05) is 0 Å². The molecule has 3 nitrogen and oxygen atoms in total. The fraction of sp³-hybridized carbons (Fsp3) is 0.167. The van der Waals surface area contributed by atoms with Crippen molar-refractivity contribution in [3.63, 3.8) is 0 Å². The maximum atomic E-state index is 13.2. The Morgan fingerprint density at radius 2 is 2.28 bits per heavy atom. The second-order valence-electron chi connectivity index (χ2n) is 3.72. The quantitative estimate of drug-likeness (QED) is 0.935. The van der Waals surface area contributed by atoms with Gasteiger partial charge in [0, 0.05) is 14.9 Å². The SMILES string of the molecule is Cc1nc(-c2cc(F)ccc2Br)sc1CC(=O)O. The van der Waals surface area contributed by atoms with Crippen molar-refractivity contribution in [3.05, 3.63) is 39.1 Å². The van der Waals surface area contributed by atoms with Gasteiger partial charge in [-0.25, -0.2) is 9.37 Å². The summed E-state index contributed by atoms with van der Waals surface area (Å²) in [7, 11) is 0. The van der Waals surface area contributed by atoms with Crippen LogP contribution in [-0.4, -0.2) is 16.1 Å². The van der Waals surface area contributed by atoms with E-state index in [4.69, 9.17) is 5.11 Å². The van der Waals surface area contributed by atoms with Gasteiger partial charge in [-0.05, 0) is 25.1 Å². The number of aliphatic carboxylic acids is 1. The number of carbonyl (C=O) groups is 1. The predicted octanol–water partition coefficient (Wildman–Crippen LogP) is 3.65. The Bertz CT molecular complexity index is 612. The van der Waals surface area contributed by atoms with Crippen LogP contribution < -0.4 is 0 Å². The highest BCUT2D eigenvalue weighted by molar-refractivity contribution is 9.10. The fourth-order valence-corrected chi connectivity index (χ4v) is 3.16. The molecule has 18 heavy (non-hydrogen) atoms. The summed E-state index contributed by atoms with van der Waals surface area (Å²) in [6.07, 6.45) is -0.0591. The molecule has 0 fully saturated rings. The van der Waals surface area contributed by atoms with Gasteiger partial charge in [0.05, 0.1) is 12.1 Å². The third-order valence-corrected chi connectivity index (χ3v) is 4.25. The van der Waals surface area contributed by atoms with Crippen LogP contribution in [0.3, 0.4) is 0 Å². The zero-order chi connectivity index (χ0) is 13.3. The van der Waals surface area contributed by atoms with E-state index in [9.17, 15) is 9.18 Å². The third kappa shape index (κ3) is 2.76. The molecule has 0 saturated heterocycles. The summed E-state index contributed by atoms with van der Waals surface area (Å²) in [5.74, 6) is -1.24. The first-order chi connectivity index (χ1) is 8.47. The van der Waals surface area contributed by atoms with Gasteiger partial charge in [0.15, 0.2) is 0 Å². The fourth-order valence-electron chi connectivity index (χ4n) is 1.51. The number of carboxylic acid groups (broad SMARTS) is 1. The first-order valence-corrected chi connectivity index (χ1v) is 6.72. The summed E-state index contributed by atoms with van der Waals surface area (Å²) in [6.45, 7) is 1.76. The molecule has 6 heteroatoms. The van der Waals surface area contributed by atoms with Crippen molar-refractivity contribution in [1.82, 2.24) is 4.98 Å². The van der Waals surface area contributed by atoms with Gasteiger partial charge in [0.2, 0.25) is 0 Å². The van der Waals surface area contributed by atoms with E-state index in [2.05, 4.69) is 20.9 Å². The molecule has 0 spiro atoms. The first kappa shape index (κ1) is 13.2. The lowest BCUT2D eigenvalue weighted by Gasteiger charge is -1.99. The van der Waals surface area contributed by atoms with Gasteiger partial charge in [0.1, 0.15) is 10.8 Å². The van der Waals surface area contributed by atoms with E-state index >= 15 is 0 Å². The predicted molar refractivity (Wildman–Crippen MR) is 71.3 cm³/mol. The summed E-state index contributed by atoms with van der Waals surface area (Å²) in [5, 5.41) is 9.40. The molecule has 0 atom stereocenters. The Balaban J connectivity index is 2.45. The molecule has 1 heterocycles. The minimum Gasteiger partial charge on any atom is -0.481 e. The molecule has 94 valence electrons. The van der Waals surface area contributed by atoms with Crippen LogP contribution in [0.1, 0.15) is 10.6 Å². The van der Waals surface area contributed by atoms with Crippen molar-refractivity contribution in [3.8, 4) is 10.6 Å². The van der Waals surface area contributed by atoms with Gasteiger partial charge in [-0.2, -0.15) is 0 Å². The number of halogens is 2. The summed E-state index contributed by atoms with van der Waals surface area (Å²) < 4.78 is 13.9. The molecular weight excluding hydrogens is 321 g/mol. The molecule has 0 unspecified atom stereocenters. The van der Waals surface area contributed by atoms with E-state index in [-0.39, 0.29) is 12.2 Å². The molecule has 0 aliphatic heterocycles. The molecule has 0 aliphatic rings. The van der Waals surface area contributed by atoms with Gasteiger partial charge < -0.3 is 5.11 Å². The monoisotopic (exact) mass is 329 g/mol. The van der Waals surface area contributed by atoms with Gasteiger partial charge in [-0.3, -0.25) is 4.79 Å². The Morgan fingerprint density at radius 3 is 2.94 bits per heavy atom. The van der Waals surface area contributed by atoms with Crippen LogP contribution in [0.2, 0.25) is 0 Å². The molecule has 0 aliphatic carbocycles. The molecule has 2 rings (SSSR count). The third-order valence-electron chi connectivity index (χ3n) is 2.36. The molecular formula is C12H9BrFNO2S. The van der Waals surface area contributed by atoms with Crippen molar-refractivity contribution in [2.24, 2.45) is 0 Å². The minimum atomic E-state index is -0.897. The second-order valence-corrected chi connectivity index (χ2v) is 5.66. The Morgan fingerprint density at radius 1 is 1.56 bits per heavy atom. The van der Waals surface area contributed by atoms with Crippen molar-refractivity contribution in [2.75, 3.05) is 0 Å². The van der Waals surface area contributed by atoms with Crippen LogP contribution in [0.4, 0.5) is 4.39 Å². The number of aryl methyl sites for hydroxylation is 1. The minimum absolute atomic E-state index is 0.0591. The van der Waals surface area contributed by atoms with Crippen LogP contribution in [0.15, 0.2) is 22.7 Å². The van der Waals surface area contributed by atoms with Crippen LogP contribution >= 0.6 is 27.3 Å². The molecule has 1 N–H and O–H groups in total. The largest absolute Gasteiger partial charge is 0.481 e. The van der Waals surface area contributed by atoms with Crippen LogP contribution in [0, 0.1) is 12.7 Å². The Hall–Kier alpha value is -1.27. The van der Waals surface area contributed by atoms with E-state index in [0.717, 1.165) is 4.47 Å². The summed E-state index contributed by atoms with van der Waals surface area (Å²) >= 11 is 4.61. The topological polar surface area (TPSA) is 50.2 Å².